The number of nitrogens with zero attached hydrogens (tertiary/aromatic N) is 1. The fourth-order valence-corrected chi connectivity index (χ4v) is 4.56. The topological polar surface area (TPSA) is 52.9 Å². The van der Waals surface area contributed by atoms with E-state index in [1.165, 1.54) is 0 Å². The first kappa shape index (κ1) is 21.4. The second-order valence-corrected chi connectivity index (χ2v) is 8.76. The summed E-state index contributed by atoms with van der Waals surface area (Å²) >= 11 is 6.05. The van der Waals surface area contributed by atoms with Crippen molar-refractivity contribution in [1.29, 1.82) is 5.26 Å². The zero-order valence-corrected chi connectivity index (χ0v) is 18.0. The summed E-state index contributed by atoms with van der Waals surface area (Å²) in [5.74, 6) is 0.267. The number of benzene rings is 2. The van der Waals surface area contributed by atoms with Crippen molar-refractivity contribution in [3.63, 3.8) is 0 Å². The first-order valence-corrected chi connectivity index (χ1v) is 10.9. The molecule has 1 aliphatic rings. The molecule has 1 saturated carbocycles. The molecule has 0 bridgehead atoms. The van der Waals surface area contributed by atoms with Gasteiger partial charge >= 0.3 is 0 Å². The summed E-state index contributed by atoms with van der Waals surface area (Å²) in [6.45, 7) is 4.23. The van der Waals surface area contributed by atoms with Gasteiger partial charge in [0.25, 0.3) is 0 Å². The van der Waals surface area contributed by atoms with E-state index in [0.717, 1.165) is 49.7 Å². The minimum absolute atomic E-state index is 0.0403. The smallest absolute Gasteiger partial charge is 0.226 e. The molecule has 152 valence electrons. The molecule has 0 saturated heterocycles. The largest absolute Gasteiger partial charge is 0.353 e. The molecule has 1 amide bonds. The molecule has 1 fully saturated rings. The van der Waals surface area contributed by atoms with E-state index < -0.39 is 0 Å². The van der Waals surface area contributed by atoms with Crippen LogP contribution in [0.5, 0.6) is 0 Å². The molecule has 0 aliphatic heterocycles. The van der Waals surface area contributed by atoms with Crippen LogP contribution in [-0.2, 0) is 11.2 Å². The summed E-state index contributed by atoms with van der Waals surface area (Å²) in [6.07, 6.45) is 5.88. The number of nitrogens with one attached hydrogen (secondary N) is 1. The monoisotopic (exact) mass is 408 g/mol. The van der Waals surface area contributed by atoms with Gasteiger partial charge in [-0.2, -0.15) is 5.26 Å². The van der Waals surface area contributed by atoms with Crippen molar-refractivity contribution in [3.8, 4) is 6.07 Å². The second-order valence-electron chi connectivity index (χ2n) is 8.32. The lowest BCUT2D eigenvalue weighted by Crippen LogP contribution is -2.50. The number of amides is 1. The molecule has 0 spiro atoms. The number of nitriles is 1. The van der Waals surface area contributed by atoms with E-state index in [0.29, 0.717) is 10.6 Å². The van der Waals surface area contributed by atoms with Gasteiger partial charge in [-0.1, -0.05) is 55.6 Å². The molecule has 1 aliphatic carbocycles. The normalized spacial score (nSPS) is 16.9. The molecule has 29 heavy (non-hydrogen) atoms. The van der Waals surface area contributed by atoms with Gasteiger partial charge < -0.3 is 5.32 Å². The highest BCUT2D eigenvalue weighted by Gasteiger charge is 2.43. The van der Waals surface area contributed by atoms with Crippen molar-refractivity contribution < 1.29 is 4.79 Å². The maximum atomic E-state index is 13.1. The van der Waals surface area contributed by atoms with Gasteiger partial charge in [-0.25, -0.2) is 0 Å². The Morgan fingerprint density at radius 3 is 2.55 bits per heavy atom. The van der Waals surface area contributed by atoms with Crippen LogP contribution in [0.2, 0.25) is 5.02 Å². The predicted octanol–water partition coefficient (Wildman–Crippen LogP) is 6.01. The summed E-state index contributed by atoms with van der Waals surface area (Å²) < 4.78 is 0. The zero-order chi connectivity index (χ0) is 20.9. The highest BCUT2D eigenvalue weighted by Crippen LogP contribution is 2.45. The molecule has 0 aromatic heterocycles. The Kier molecular flexibility index (Phi) is 6.98. The van der Waals surface area contributed by atoms with E-state index in [2.05, 4.69) is 31.3 Å². The highest BCUT2D eigenvalue weighted by molar-refractivity contribution is 6.30. The molecule has 2 aromatic carbocycles. The van der Waals surface area contributed by atoms with Crippen LogP contribution in [-0.4, -0.2) is 11.9 Å². The molecule has 1 N–H and O–H groups in total. The van der Waals surface area contributed by atoms with E-state index in [9.17, 15) is 10.1 Å². The van der Waals surface area contributed by atoms with Crippen LogP contribution in [0.15, 0.2) is 48.5 Å². The van der Waals surface area contributed by atoms with Gasteiger partial charge in [0.1, 0.15) is 0 Å². The average Bonchev–Trinajstić information content (AvgIpc) is 2.70. The van der Waals surface area contributed by atoms with Crippen LogP contribution in [0.25, 0.3) is 0 Å². The van der Waals surface area contributed by atoms with Crippen LogP contribution in [0.1, 0.15) is 68.6 Å². The summed E-state index contributed by atoms with van der Waals surface area (Å²) in [5.41, 5.74) is 2.70. The summed E-state index contributed by atoms with van der Waals surface area (Å²) in [4.78, 5) is 13.1. The summed E-state index contributed by atoms with van der Waals surface area (Å²) in [6, 6.07) is 17.8. The number of hydrogen-bond donors (Lipinski definition) is 1. The highest BCUT2D eigenvalue weighted by atomic mass is 35.5. The maximum absolute atomic E-state index is 13.1. The van der Waals surface area contributed by atoms with Crippen molar-refractivity contribution in [1.82, 2.24) is 5.32 Å². The van der Waals surface area contributed by atoms with Crippen LogP contribution < -0.4 is 5.32 Å². The van der Waals surface area contributed by atoms with E-state index in [-0.39, 0.29) is 23.3 Å². The standard InChI is InChI=1S/C25H29ClN2O/c1-3-12-25(13-5-14-25)24(29)28-18(2)23(16-19-8-10-22(26)11-9-19)21-7-4-6-20(15-21)17-27/h4,6-11,15,18,23H,3,5,12-14,16H2,1-2H3,(H,28,29). The Hall–Kier alpha value is -2.31. The predicted molar refractivity (Wildman–Crippen MR) is 118 cm³/mol. The number of rotatable bonds is 8. The Balaban J connectivity index is 1.84. The van der Waals surface area contributed by atoms with Crippen molar-refractivity contribution >= 4 is 17.5 Å². The molecule has 3 rings (SSSR count). The fourth-order valence-electron chi connectivity index (χ4n) is 4.43. The third kappa shape index (κ3) is 5.00. The van der Waals surface area contributed by atoms with Gasteiger partial charge in [0.2, 0.25) is 5.91 Å². The number of carbonyl (C=O) groups is 1. The van der Waals surface area contributed by atoms with Gasteiger partial charge in [0.05, 0.1) is 11.6 Å². The minimum atomic E-state index is -0.178. The fraction of sp³-hybridized carbons (Fsp3) is 0.440. The van der Waals surface area contributed by atoms with Crippen molar-refractivity contribution in [2.75, 3.05) is 0 Å². The van der Waals surface area contributed by atoms with Gasteiger partial charge in [0, 0.05) is 22.4 Å². The van der Waals surface area contributed by atoms with Crippen molar-refractivity contribution in [3.05, 3.63) is 70.2 Å². The Morgan fingerprint density at radius 1 is 1.24 bits per heavy atom. The van der Waals surface area contributed by atoms with Crippen LogP contribution in [0.4, 0.5) is 0 Å². The molecule has 2 atom stereocenters. The lowest BCUT2D eigenvalue weighted by molar-refractivity contribution is -0.137. The molecule has 2 unspecified atom stereocenters. The van der Waals surface area contributed by atoms with Crippen molar-refractivity contribution in [2.24, 2.45) is 5.41 Å². The third-order valence-electron chi connectivity index (χ3n) is 6.30. The SMILES string of the molecule is CCCC1(C(=O)NC(C)C(Cc2ccc(Cl)cc2)c2cccc(C#N)c2)CCC1. The molecular weight excluding hydrogens is 380 g/mol. The van der Waals surface area contributed by atoms with Gasteiger partial charge in [-0.3, -0.25) is 4.79 Å². The first-order valence-electron chi connectivity index (χ1n) is 10.5. The van der Waals surface area contributed by atoms with Gasteiger partial charge in [-0.15, -0.1) is 0 Å². The molecule has 3 nitrogen and oxygen atoms in total. The number of carbonyl (C=O) groups excluding carboxylic acids is 1. The molecule has 4 heteroatoms. The minimum Gasteiger partial charge on any atom is -0.353 e. The summed E-state index contributed by atoms with van der Waals surface area (Å²) in [5, 5.41) is 13.4. The zero-order valence-electron chi connectivity index (χ0n) is 17.2. The summed E-state index contributed by atoms with van der Waals surface area (Å²) in [7, 11) is 0. The molecule has 2 aromatic rings. The lowest BCUT2D eigenvalue weighted by atomic mass is 9.65. The van der Waals surface area contributed by atoms with Crippen LogP contribution in [0.3, 0.4) is 0 Å². The van der Waals surface area contributed by atoms with E-state index in [4.69, 9.17) is 11.6 Å². The Morgan fingerprint density at radius 2 is 1.97 bits per heavy atom. The van der Waals surface area contributed by atoms with E-state index >= 15 is 0 Å². The van der Waals surface area contributed by atoms with E-state index in [1.807, 2.05) is 42.5 Å². The third-order valence-corrected chi connectivity index (χ3v) is 6.55. The van der Waals surface area contributed by atoms with Crippen molar-refractivity contribution in [2.45, 2.75) is 64.3 Å². The Bertz CT molecular complexity index is 880. The average molecular weight is 409 g/mol. The van der Waals surface area contributed by atoms with Gasteiger partial charge in [-0.05, 0) is 68.0 Å². The molecule has 0 heterocycles. The lowest BCUT2D eigenvalue weighted by Gasteiger charge is -2.41. The molecular formula is C25H29ClN2O. The van der Waals surface area contributed by atoms with Gasteiger partial charge in [0.15, 0.2) is 0 Å². The van der Waals surface area contributed by atoms with Crippen LogP contribution >= 0.6 is 11.6 Å². The number of hydrogen-bond acceptors (Lipinski definition) is 2. The maximum Gasteiger partial charge on any atom is 0.226 e. The van der Waals surface area contributed by atoms with Crippen LogP contribution in [0, 0.1) is 16.7 Å². The first-order chi connectivity index (χ1) is 14.0. The second kappa shape index (κ2) is 9.46. The van der Waals surface area contributed by atoms with E-state index in [1.54, 1.807) is 0 Å². The quantitative estimate of drug-likeness (QED) is 0.581. The molecule has 0 radical (unpaired) electrons. The number of halogens is 1. The Labute approximate surface area is 179 Å².